The van der Waals surface area contributed by atoms with Crippen molar-refractivity contribution in [3.63, 3.8) is 0 Å². The average Bonchev–Trinajstić information content (AvgIpc) is 2.79. The van der Waals surface area contributed by atoms with E-state index in [1.54, 1.807) is 24.3 Å². The third kappa shape index (κ3) is 5.98. The van der Waals surface area contributed by atoms with Gasteiger partial charge in [-0.05, 0) is 36.8 Å². The Labute approximate surface area is 188 Å². The molecule has 0 atom stereocenters. The second-order valence-electron chi connectivity index (χ2n) is 7.57. The third-order valence-corrected chi connectivity index (χ3v) is 6.59. The lowest BCUT2D eigenvalue weighted by Gasteiger charge is -2.36. The summed E-state index contributed by atoms with van der Waals surface area (Å²) in [5.41, 5.74) is 0.583. The summed E-state index contributed by atoms with van der Waals surface area (Å²) in [5, 5.41) is 12.5. The van der Waals surface area contributed by atoms with E-state index in [4.69, 9.17) is 0 Å². The van der Waals surface area contributed by atoms with Gasteiger partial charge in [0.05, 0.1) is 22.7 Å². The Bertz CT molecular complexity index is 1050. The van der Waals surface area contributed by atoms with E-state index in [0.717, 1.165) is 6.42 Å². The van der Waals surface area contributed by atoms with Crippen molar-refractivity contribution in [2.45, 2.75) is 18.2 Å². The summed E-state index contributed by atoms with van der Waals surface area (Å²) < 4.78 is 27.6. The van der Waals surface area contributed by atoms with E-state index in [1.807, 2.05) is 11.8 Å². The number of nitrogens with one attached hydrogen (secondary N) is 2. The molecule has 0 bridgehead atoms. The highest BCUT2D eigenvalue weighted by Crippen LogP contribution is 2.26. The first kappa shape index (κ1) is 23.6. The van der Waals surface area contributed by atoms with Crippen LogP contribution in [0, 0.1) is 0 Å². The van der Waals surface area contributed by atoms with Gasteiger partial charge in [0.25, 0.3) is 10.0 Å². The summed E-state index contributed by atoms with van der Waals surface area (Å²) in [6.45, 7) is 5.62. The normalized spacial score (nSPS) is 14.7. The van der Waals surface area contributed by atoms with Crippen molar-refractivity contribution in [2.24, 2.45) is 0 Å². The second-order valence-corrected chi connectivity index (χ2v) is 9.25. The van der Waals surface area contributed by atoms with Gasteiger partial charge in [-0.1, -0.05) is 25.1 Å². The topological polar surface area (TPSA) is 119 Å². The Balaban J connectivity index is 1.69. The first-order valence-corrected chi connectivity index (χ1v) is 12.0. The molecule has 3 N–H and O–H groups in total. The molecular formula is C22H28N4O5S. The zero-order valence-electron chi connectivity index (χ0n) is 18.0. The molecule has 0 saturated carbocycles. The average molecular weight is 461 g/mol. The number of anilines is 2. The fourth-order valence-electron chi connectivity index (χ4n) is 3.49. The van der Waals surface area contributed by atoms with E-state index in [-0.39, 0.29) is 22.1 Å². The summed E-state index contributed by atoms with van der Waals surface area (Å²) in [4.78, 5) is 27.9. The number of amides is 1. The molecule has 172 valence electrons. The minimum atomic E-state index is -3.90. The zero-order chi connectivity index (χ0) is 23.1. The van der Waals surface area contributed by atoms with Gasteiger partial charge in [-0.15, -0.1) is 0 Å². The molecule has 0 radical (unpaired) electrons. The van der Waals surface area contributed by atoms with Gasteiger partial charge in [0.15, 0.2) is 0 Å². The van der Waals surface area contributed by atoms with Crippen LogP contribution in [0.15, 0.2) is 53.4 Å². The molecule has 1 aliphatic heterocycles. The van der Waals surface area contributed by atoms with E-state index in [2.05, 4.69) is 14.9 Å². The minimum Gasteiger partial charge on any atom is -0.478 e. The van der Waals surface area contributed by atoms with Crippen molar-refractivity contribution >= 4 is 33.3 Å². The monoisotopic (exact) mass is 460 g/mol. The van der Waals surface area contributed by atoms with Gasteiger partial charge in [0, 0.05) is 38.4 Å². The lowest BCUT2D eigenvalue weighted by atomic mass is 10.1. The van der Waals surface area contributed by atoms with E-state index in [0.29, 0.717) is 45.0 Å². The smallest absolute Gasteiger partial charge is 0.337 e. The fourth-order valence-corrected chi connectivity index (χ4v) is 4.59. The maximum absolute atomic E-state index is 12.6. The number of nitrogens with zero attached hydrogens (tertiary/aromatic N) is 2. The predicted molar refractivity (Wildman–Crippen MR) is 123 cm³/mol. The molecule has 0 aromatic heterocycles. The number of piperazine rings is 1. The maximum Gasteiger partial charge on any atom is 0.337 e. The third-order valence-electron chi connectivity index (χ3n) is 5.21. The van der Waals surface area contributed by atoms with Gasteiger partial charge in [0.2, 0.25) is 5.91 Å². The van der Waals surface area contributed by atoms with Gasteiger partial charge in [-0.25, -0.2) is 13.2 Å². The molecular weight excluding hydrogens is 432 g/mol. The van der Waals surface area contributed by atoms with Gasteiger partial charge < -0.3 is 15.3 Å². The minimum absolute atomic E-state index is 0.00326. The van der Waals surface area contributed by atoms with Gasteiger partial charge in [-0.3, -0.25) is 14.4 Å². The van der Waals surface area contributed by atoms with Crippen molar-refractivity contribution in [3.05, 3.63) is 54.1 Å². The number of hydrogen-bond donors (Lipinski definition) is 3. The molecule has 1 fully saturated rings. The molecule has 1 aliphatic rings. The highest BCUT2D eigenvalue weighted by atomic mass is 32.2. The largest absolute Gasteiger partial charge is 0.478 e. The van der Waals surface area contributed by atoms with Crippen LogP contribution < -0.4 is 14.9 Å². The van der Waals surface area contributed by atoms with Crippen LogP contribution >= 0.6 is 0 Å². The standard InChI is InChI=1S/C22H28N4O5S/c1-2-10-23-21(27)16-25-11-13-26(14-12-25)17-8-9-20(19(15-17)22(28)29)24-32(30,31)18-6-4-3-5-7-18/h3-9,15,24H,2,10-14,16H2,1H3,(H,23,27)(H,28,29). The zero-order valence-corrected chi connectivity index (χ0v) is 18.8. The molecule has 1 saturated heterocycles. The molecule has 2 aromatic rings. The van der Waals surface area contributed by atoms with E-state index < -0.39 is 16.0 Å². The van der Waals surface area contributed by atoms with Crippen LogP contribution in [-0.2, 0) is 14.8 Å². The van der Waals surface area contributed by atoms with E-state index in [9.17, 15) is 23.1 Å². The van der Waals surface area contributed by atoms with Gasteiger partial charge in [-0.2, -0.15) is 0 Å². The lowest BCUT2D eigenvalue weighted by molar-refractivity contribution is -0.122. The van der Waals surface area contributed by atoms with Gasteiger partial charge >= 0.3 is 5.97 Å². The summed E-state index contributed by atoms with van der Waals surface area (Å²) >= 11 is 0. The molecule has 0 unspecified atom stereocenters. The van der Waals surface area contributed by atoms with Crippen molar-refractivity contribution in [1.29, 1.82) is 0 Å². The molecule has 10 heteroatoms. The Morgan fingerprint density at radius 2 is 1.72 bits per heavy atom. The molecule has 0 aliphatic carbocycles. The maximum atomic E-state index is 12.6. The molecule has 9 nitrogen and oxygen atoms in total. The molecule has 0 spiro atoms. The van der Waals surface area contributed by atoms with Crippen LogP contribution in [0.25, 0.3) is 0 Å². The molecule has 2 aromatic carbocycles. The summed E-state index contributed by atoms with van der Waals surface area (Å²) in [6, 6.07) is 12.5. The number of sulfonamides is 1. The Morgan fingerprint density at radius 3 is 2.34 bits per heavy atom. The van der Waals surface area contributed by atoms with Gasteiger partial charge in [0.1, 0.15) is 0 Å². The SMILES string of the molecule is CCCNC(=O)CN1CCN(c2ccc(NS(=O)(=O)c3ccccc3)c(C(=O)O)c2)CC1. The van der Waals surface area contributed by atoms with E-state index in [1.165, 1.54) is 24.3 Å². The van der Waals surface area contributed by atoms with Crippen LogP contribution in [0.1, 0.15) is 23.7 Å². The quantitative estimate of drug-likeness (QED) is 0.522. The lowest BCUT2D eigenvalue weighted by Crippen LogP contribution is -2.49. The summed E-state index contributed by atoms with van der Waals surface area (Å²) in [6.07, 6.45) is 0.892. The number of carboxylic acids is 1. The summed E-state index contributed by atoms with van der Waals surface area (Å²) in [5.74, 6) is -1.22. The number of carbonyl (C=O) groups excluding carboxylic acids is 1. The fraction of sp³-hybridized carbons (Fsp3) is 0.364. The van der Waals surface area contributed by atoms with Crippen molar-refractivity contribution in [2.75, 3.05) is 48.9 Å². The Hall–Kier alpha value is -3.11. The van der Waals surface area contributed by atoms with Crippen LogP contribution in [0.5, 0.6) is 0 Å². The Kier molecular flexibility index (Phi) is 7.70. The summed E-state index contributed by atoms with van der Waals surface area (Å²) in [7, 11) is -3.90. The molecule has 32 heavy (non-hydrogen) atoms. The van der Waals surface area contributed by atoms with E-state index >= 15 is 0 Å². The van der Waals surface area contributed by atoms with Crippen LogP contribution in [0.3, 0.4) is 0 Å². The van der Waals surface area contributed by atoms with Crippen molar-refractivity contribution in [1.82, 2.24) is 10.2 Å². The number of carbonyl (C=O) groups is 2. The number of hydrogen-bond acceptors (Lipinski definition) is 6. The first-order valence-electron chi connectivity index (χ1n) is 10.5. The van der Waals surface area contributed by atoms with Crippen molar-refractivity contribution in [3.8, 4) is 0 Å². The second kappa shape index (κ2) is 10.5. The highest BCUT2D eigenvalue weighted by molar-refractivity contribution is 7.92. The van der Waals surface area contributed by atoms with Crippen molar-refractivity contribution < 1.29 is 23.1 Å². The van der Waals surface area contributed by atoms with Crippen LogP contribution in [0.2, 0.25) is 0 Å². The molecule has 3 rings (SSSR count). The van der Waals surface area contributed by atoms with Crippen LogP contribution in [-0.4, -0.2) is 69.6 Å². The predicted octanol–water partition coefficient (Wildman–Crippen LogP) is 1.83. The highest BCUT2D eigenvalue weighted by Gasteiger charge is 2.23. The number of carboxylic acid groups (broad SMARTS) is 1. The number of rotatable bonds is 9. The molecule has 1 heterocycles. The first-order chi connectivity index (χ1) is 15.3. The number of aromatic carboxylic acids is 1. The Morgan fingerprint density at radius 1 is 1.03 bits per heavy atom. The molecule has 1 amide bonds. The number of benzene rings is 2. The van der Waals surface area contributed by atoms with Crippen LogP contribution in [0.4, 0.5) is 11.4 Å².